The Hall–Kier alpha value is -2.47. The summed E-state index contributed by atoms with van der Waals surface area (Å²) >= 11 is 0. The number of para-hydroxylation sites is 1. The molecule has 1 saturated heterocycles. The number of nitrogens with zero attached hydrogens (tertiary/aromatic N) is 3. The van der Waals surface area contributed by atoms with Gasteiger partial charge < -0.3 is 10.2 Å². The van der Waals surface area contributed by atoms with Gasteiger partial charge in [-0.1, -0.05) is 24.3 Å². The van der Waals surface area contributed by atoms with Crippen molar-refractivity contribution in [3.05, 3.63) is 42.1 Å². The third-order valence-corrected chi connectivity index (χ3v) is 4.79. The molecule has 1 aromatic carbocycles. The maximum Gasteiger partial charge on any atom is 0.272 e. The van der Waals surface area contributed by atoms with Gasteiger partial charge in [0.1, 0.15) is 5.69 Å². The van der Waals surface area contributed by atoms with Crippen molar-refractivity contribution in [2.75, 3.05) is 32.7 Å². The van der Waals surface area contributed by atoms with Crippen molar-refractivity contribution in [2.45, 2.75) is 18.9 Å². The van der Waals surface area contributed by atoms with E-state index in [4.69, 9.17) is 0 Å². The highest BCUT2D eigenvalue weighted by Crippen LogP contribution is 2.18. The fraction of sp³-hybridized carbons (Fsp3) is 0.421. The first kappa shape index (κ1) is 16.0. The van der Waals surface area contributed by atoms with Crippen LogP contribution in [-0.2, 0) is 4.79 Å². The molecular weight excluding hydrogens is 316 g/mol. The third kappa shape index (κ3) is 3.79. The Bertz CT molecular complexity index is 795. The first-order chi connectivity index (χ1) is 12.2. The molecule has 0 unspecified atom stereocenters. The van der Waals surface area contributed by atoms with E-state index in [-0.39, 0.29) is 11.8 Å². The average molecular weight is 338 g/mol. The van der Waals surface area contributed by atoms with Gasteiger partial charge in [0, 0.05) is 37.6 Å². The predicted molar refractivity (Wildman–Crippen MR) is 95.3 cm³/mol. The van der Waals surface area contributed by atoms with Gasteiger partial charge in [0.25, 0.3) is 5.91 Å². The van der Waals surface area contributed by atoms with E-state index in [1.54, 1.807) is 6.07 Å². The van der Waals surface area contributed by atoms with Crippen molar-refractivity contribution in [2.24, 2.45) is 0 Å². The molecule has 1 aromatic heterocycles. The number of nitrogens with one attached hydrogen (secondary N) is 1. The van der Waals surface area contributed by atoms with Gasteiger partial charge in [-0.05, 0) is 25.0 Å². The minimum Gasteiger partial charge on any atom is -0.352 e. The number of hydrogen-bond donors (Lipinski definition) is 1. The van der Waals surface area contributed by atoms with Crippen LogP contribution in [0.5, 0.6) is 0 Å². The van der Waals surface area contributed by atoms with Gasteiger partial charge in [0.05, 0.1) is 12.1 Å². The second kappa shape index (κ2) is 6.80. The number of piperazine rings is 1. The van der Waals surface area contributed by atoms with Crippen molar-refractivity contribution < 1.29 is 9.59 Å². The van der Waals surface area contributed by atoms with Crippen LogP contribution in [0.15, 0.2) is 36.4 Å². The van der Waals surface area contributed by atoms with Crippen LogP contribution in [0.1, 0.15) is 23.3 Å². The van der Waals surface area contributed by atoms with E-state index < -0.39 is 0 Å². The van der Waals surface area contributed by atoms with Crippen LogP contribution in [0.2, 0.25) is 0 Å². The normalized spacial score (nSPS) is 18.3. The van der Waals surface area contributed by atoms with Gasteiger partial charge in [-0.2, -0.15) is 0 Å². The summed E-state index contributed by atoms with van der Waals surface area (Å²) in [7, 11) is 0. The first-order valence-corrected chi connectivity index (χ1v) is 8.86. The van der Waals surface area contributed by atoms with Crippen LogP contribution in [0.3, 0.4) is 0 Å². The van der Waals surface area contributed by atoms with Crippen molar-refractivity contribution in [1.29, 1.82) is 0 Å². The topological polar surface area (TPSA) is 65.5 Å². The zero-order chi connectivity index (χ0) is 17.2. The number of fused-ring (bicyclic) bond motifs is 1. The Kier molecular flexibility index (Phi) is 4.36. The molecule has 1 N–H and O–H groups in total. The van der Waals surface area contributed by atoms with E-state index in [1.165, 1.54) is 0 Å². The van der Waals surface area contributed by atoms with E-state index in [2.05, 4.69) is 15.2 Å². The fourth-order valence-electron chi connectivity index (χ4n) is 3.16. The van der Waals surface area contributed by atoms with Gasteiger partial charge in [-0.3, -0.25) is 14.5 Å². The number of amides is 2. The molecule has 1 aliphatic carbocycles. The maximum atomic E-state index is 12.7. The largest absolute Gasteiger partial charge is 0.352 e. The van der Waals surface area contributed by atoms with Gasteiger partial charge >= 0.3 is 0 Å². The van der Waals surface area contributed by atoms with Crippen LogP contribution >= 0.6 is 0 Å². The summed E-state index contributed by atoms with van der Waals surface area (Å²) in [6, 6.07) is 11.9. The third-order valence-electron chi connectivity index (χ3n) is 4.79. The van der Waals surface area contributed by atoms with Crippen molar-refractivity contribution in [3.8, 4) is 0 Å². The number of benzene rings is 1. The summed E-state index contributed by atoms with van der Waals surface area (Å²) in [6.07, 6.45) is 2.21. The van der Waals surface area contributed by atoms with Crippen molar-refractivity contribution in [1.82, 2.24) is 20.1 Å². The zero-order valence-electron chi connectivity index (χ0n) is 14.1. The van der Waals surface area contributed by atoms with Gasteiger partial charge in [0.15, 0.2) is 0 Å². The fourth-order valence-corrected chi connectivity index (χ4v) is 3.16. The second-order valence-corrected chi connectivity index (χ2v) is 6.80. The molecule has 4 rings (SSSR count). The summed E-state index contributed by atoms with van der Waals surface area (Å²) in [5, 5.41) is 4.04. The number of carbonyl (C=O) groups is 2. The molecule has 130 valence electrons. The van der Waals surface area contributed by atoms with E-state index in [0.717, 1.165) is 36.8 Å². The highest BCUT2D eigenvalue weighted by atomic mass is 16.2. The first-order valence-electron chi connectivity index (χ1n) is 8.86. The lowest BCUT2D eigenvalue weighted by Crippen LogP contribution is -2.51. The molecule has 2 aromatic rings. The SMILES string of the molecule is O=C(CN1CCN(C(=O)c2ccc3ccccc3n2)CC1)NC1CC1. The van der Waals surface area contributed by atoms with Gasteiger partial charge in [-0.15, -0.1) is 0 Å². The number of hydrogen-bond acceptors (Lipinski definition) is 4. The predicted octanol–water partition coefficient (Wildman–Crippen LogP) is 1.27. The Morgan fingerprint density at radius 3 is 2.56 bits per heavy atom. The molecule has 25 heavy (non-hydrogen) atoms. The molecule has 2 aliphatic rings. The zero-order valence-corrected chi connectivity index (χ0v) is 14.1. The van der Waals surface area contributed by atoms with Crippen LogP contribution in [0, 0.1) is 0 Å². The van der Waals surface area contributed by atoms with Gasteiger partial charge in [-0.25, -0.2) is 4.98 Å². The summed E-state index contributed by atoms with van der Waals surface area (Å²) in [6.45, 7) is 3.12. The summed E-state index contributed by atoms with van der Waals surface area (Å²) in [5.41, 5.74) is 1.32. The minimum absolute atomic E-state index is 0.0344. The Labute approximate surface area is 146 Å². The molecule has 0 radical (unpaired) electrons. The molecule has 0 spiro atoms. The average Bonchev–Trinajstić information content (AvgIpc) is 3.45. The van der Waals surface area contributed by atoms with Crippen LogP contribution < -0.4 is 5.32 Å². The Morgan fingerprint density at radius 2 is 1.80 bits per heavy atom. The van der Waals surface area contributed by atoms with Crippen LogP contribution in [-0.4, -0.2) is 65.4 Å². The molecule has 0 bridgehead atoms. The number of carbonyl (C=O) groups excluding carboxylic acids is 2. The van der Waals surface area contributed by atoms with Crippen molar-refractivity contribution >= 4 is 22.7 Å². The Balaban J connectivity index is 1.34. The smallest absolute Gasteiger partial charge is 0.272 e. The number of rotatable bonds is 4. The van der Waals surface area contributed by atoms with E-state index in [1.807, 2.05) is 35.2 Å². The molecule has 2 amide bonds. The molecule has 1 aliphatic heterocycles. The van der Waals surface area contributed by atoms with Crippen LogP contribution in [0.25, 0.3) is 10.9 Å². The molecule has 1 saturated carbocycles. The lowest BCUT2D eigenvalue weighted by Gasteiger charge is -2.34. The number of aromatic nitrogens is 1. The Morgan fingerprint density at radius 1 is 1.04 bits per heavy atom. The molecular formula is C19H22N4O2. The van der Waals surface area contributed by atoms with E-state index in [9.17, 15) is 9.59 Å². The van der Waals surface area contributed by atoms with Gasteiger partial charge in [0.2, 0.25) is 5.91 Å². The maximum absolute atomic E-state index is 12.7. The second-order valence-electron chi connectivity index (χ2n) is 6.80. The van der Waals surface area contributed by atoms with Crippen LogP contribution in [0.4, 0.5) is 0 Å². The highest BCUT2D eigenvalue weighted by molar-refractivity contribution is 5.95. The molecule has 2 heterocycles. The lowest BCUT2D eigenvalue weighted by atomic mass is 10.2. The minimum atomic E-state index is -0.0344. The lowest BCUT2D eigenvalue weighted by molar-refractivity contribution is -0.122. The standard InChI is InChI=1S/C19H22N4O2/c24-18(20-15-6-7-15)13-22-9-11-23(12-10-22)19(25)17-8-5-14-3-1-2-4-16(14)21-17/h1-5,8,15H,6-7,9-13H2,(H,20,24). The van der Waals surface area contributed by atoms with E-state index >= 15 is 0 Å². The van der Waals surface area contributed by atoms with E-state index in [0.29, 0.717) is 31.4 Å². The summed E-state index contributed by atoms with van der Waals surface area (Å²) in [5.74, 6) is 0.0614. The summed E-state index contributed by atoms with van der Waals surface area (Å²) in [4.78, 5) is 33.0. The summed E-state index contributed by atoms with van der Waals surface area (Å²) < 4.78 is 0. The number of pyridine rings is 1. The molecule has 2 fully saturated rings. The molecule has 6 nitrogen and oxygen atoms in total. The molecule has 0 atom stereocenters. The van der Waals surface area contributed by atoms with Crippen molar-refractivity contribution in [3.63, 3.8) is 0 Å². The molecule has 6 heteroatoms. The quantitative estimate of drug-likeness (QED) is 0.912. The highest BCUT2D eigenvalue weighted by Gasteiger charge is 2.27. The monoisotopic (exact) mass is 338 g/mol.